The number of aromatic nitrogens is 3. The maximum absolute atomic E-state index is 13.3. The summed E-state index contributed by atoms with van der Waals surface area (Å²) in [4.78, 5) is 30.7. The fraction of sp³-hybridized carbons (Fsp3) is 0.240. The largest absolute Gasteiger partial charge is 0.383 e. The zero-order chi connectivity index (χ0) is 22.7. The molecule has 4 aromatic rings. The van der Waals surface area contributed by atoms with Crippen LogP contribution in [0, 0.1) is 13.8 Å². The van der Waals surface area contributed by atoms with Gasteiger partial charge in [0.1, 0.15) is 17.6 Å². The zero-order valence-electron chi connectivity index (χ0n) is 18.5. The zero-order valence-corrected chi connectivity index (χ0v) is 18.5. The maximum Gasteiger partial charge on any atom is 0.277 e. The molecule has 4 rings (SSSR count). The van der Waals surface area contributed by atoms with Crippen molar-refractivity contribution in [2.45, 2.75) is 26.9 Å². The van der Waals surface area contributed by atoms with Crippen LogP contribution in [0.4, 0.5) is 5.69 Å². The van der Waals surface area contributed by atoms with E-state index in [2.05, 4.69) is 10.3 Å². The van der Waals surface area contributed by atoms with Crippen LogP contribution in [-0.4, -0.2) is 33.7 Å². The summed E-state index contributed by atoms with van der Waals surface area (Å²) in [6.45, 7) is 4.76. The topological polar surface area (TPSA) is 78.2 Å². The molecule has 2 heterocycles. The highest BCUT2D eigenvalue weighted by Gasteiger charge is 2.18. The molecule has 0 atom stereocenters. The highest BCUT2D eigenvalue weighted by molar-refractivity contribution is 5.96. The van der Waals surface area contributed by atoms with Gasteiger partial charge in [0.25, 0.3) is 5.56 Å². The highest BCUT2D eigenvalue weighted by Crippen LogP contribution is 2.27. The van der Waals surface area contributed by atoms with Gasteiger partial charge in [-0.2, -0.15) is 0 Å². The summed E-state index contributed by atoms with van der Waals surface area (Å²) in [7, 11) is 1.59. The Morgan fingerprint density at radius 3 is 2.59 bits per heavy atom. The summed E-state index contributed by atoms with van der Waals surface area (Å²) in [5, 5.41) is 2.97. The van der Waals surface area contributed by atoms with Gasteiger partial charge in [0.2, 0.25) is 5.91 Å². The van der Waals surface area contributed by atoms with Crippen molar-refractivity contribution in [1.82, 2.24) is 14.1 Å². The minimum Gasteiger partial charge on any atom is -0.383 e. The van der Waals surface area contributed by atoms with Crippen molar-refractivity contribution < 1.29 is 9.53 Å². The van der Waals surface area contributed by atoms with E-state index in [0.717, 1.165) is 27.9 Å². The molecule has 0 fully saturated rings. The summed E-state index contributed by atoms with van der Waals surface area (Å²) < 4.78 is 8.32. The van der Waals surface area contributed by atoms with Crippen LogP contribution in [0.3, 0.4) is 0 Å². The van der Waals surface area contributed by atoms with E-state index >= 15 is 0 Å². The fourth-order valence-electron chi connectivity index (χ4n) is 3.75. The van der Waals surface area contributed by atoms with Gasteiger partial charge in [-0.15, -0.1) is 0 Å². The third-order valence-electron chi connectivity index (χ3n) is 5.66. The average molecular weight is 431 g/mol. The number of carbonyl (C=O) groups is 1. The number of nitrogens with one attached hydrogen (secondary N) is 1. The molecule has 2 aromatic heterocycles. The lowest BCUT2D eigenvalue weighted by Gasteiger charge is -2.11. The molecule has 0 aliphatic heterocycles. The average Bonchev–Trinajstić information content (AvgIpc) is 3.16. The molecule has 0 radical (unpaired) electrons. The Morgan fingerprint density at radius 2 is 1.84 bits per heavy atom. The number of carbonyl (C=O) groups excluding carboxylic acids is 1. The SMILES string of the molecule is COCCn1cnc2c(-c3ccccc3)cn(CC(=O)Nc3cccc(C)c3C)c2c1=O. The molecule has 0 saturated carbocycles. The van der Waals surface area contributed by atoms with E-state index < -0.39 is 0 Å². The quantitative estimate of drug-likeness (QED) is 0.484. The van der Waals surface area contributed by atoms with Gasteiger partial charge in [0, 0.05) is 24.6 Å². The van der Waals surface area contributed by atoms with Crippen LogP contribution in [0.25, 0.3) is 22.2 Å². The summed E-state index contributed by atoms with van der Waals surface area (Å²) in [5.74, 6) is -0.207. The number of aryl methyl sites for hydroxylation is 1. The van der Waals surface area contributed by atoms with Crippen molar-refractivity contribution in [1.29, 1.82) is 0 Å². The molecule has 2 aromatic carbocycles. The number of hydrogen-bond donors (Lipinski definition) is 1. The molecule has 7 heteroatoms. The minimum absolute atomic E-state index is 0.00191. The van der Waals surface area contributed by atoms with Crippen LogP contribution in [0.5, 0.6) is 0 Å². The van der Waals surface area contributed by atoms with Crippen LogP contribution in [0.15, 0.2) is 65.8 Å². The number of rotatable bonds is 7. The third-order valence-corrected chi connectivity index (χ3v) is 5.66. The normalized spacial score (nSPS) is 11.1. The first-order chi connectivity index (χ1) is 15.5. The van der Waals surface area contributed by atoms with Crippen molar-refractivity contribution in [3.8, 4) is 11.1 Å². The van der Waals surface area contributed by atoms with Gasteiger partial charge in [-0.05, 0) is 36.6 Å². The second kappa shape index (κ2) is 9.20. The molecule has 1 N–H and O–H groups in total. The molecule has 0 aliphatic carbocycles. The molecule has 1 amide bonds. The molecule has 0 unspecified atom stereocenters. The van der Waals surface area contributed by atoms with E-state index in [4.69, 9.17) is 4.74 Å². The Morgan fingerprint density at radius 1 is 1.06 bits per heavy atom. The predicted octanol–water partition coefficient (Wildman–Crippen LogP) is 3.77. The summed E-state index contributed by atoms with van der Waals surface area (Å²) >= 11 is 0. The number of benzene rings is 2. The Balaban J connectivity index is 1.76. The lowest BCUT2D eigenvalue weighted by Crippen LogP contribution is -2.26. The molecular weight excluding hydrogens is 404 g/mol. The number of methoxy groups -OCH3 is 1. The number of amides is 1. The molecule has 0 aliphatic rings. The van der Waals surface area contributed by atoms with Gasteiger partial charge >= 0.3 is 0 Å². The van der Waals surface area contributed by atoms with Crippen LogP contribution in [0.1, 0.15) is 11.1 Å². The van der Waals surface area contributed by atoms with Gasteiger partial charge in [0.15, 0.2) is 0 Å². The maximum atomic E-state index is 13.3. The Hall–Kier alpha value is -3.71. The lowest BCUT2D eigenvalue weighted by molar-refractivity contribution is -0.116. The van der Waals surface area contributed by atoms with E-state index in [1.807, 2.05) is 68.6 Å². The number of nitrogens with zero attached hydrogens (tertiary/aromatic N) is 3. The lowest BCUT2D eigenvalue weighted by atomic mass is 10.1. The van der Waals surface area contributed by atoms with Crippen LogP contribution >= 0.6 is 0 Å². The molecule has 7 nitrogen and oxygen atoms in total. The smallest absolute Gasteiger partial charge is 0.277 e. The fourth-order valence-corrected chi connectivity index (χ4v) is 3.75. The van der Waals surface area contributed by atoms with E-state index in [1.54, 1.807) is 11.7 Å². The van der Waals surface area contributed by atoms with Crippen molar-refractivity contribution in [3.63, 3.8) is 0 Å². The number of fused-ring (bicyclic) bond motifs is 1. The molecule has 0 bridgehead atoms. The number of hydrogen-bond acceptors (Lipinski definition) is 4. The van der Waals surface area contributed by atoms with Crippen LogP contribution in [-0.2, 0) is 22.6 Å². The number of anilines is 1. The Kier molecular flexibility index (Phi) is 6.18. The Bertz CT molecular complexity index is 1320. The van der Waals surface area contributed by atoms with Gasteiger partial charge in [-0.1, -0.05) is 42.5 Å². The van der Waals surface area contributed by atoms with Crippen LogP contribution in [0.2, 0.25) is 0 Å². The predicted molar refractivity (Wildman–Crippen MR) is 126 cm³/mol. The van der Waals surface area contributed by atoms with Crippen molar-refractivity contribution in [3.05, 3.63) is 82.5 Å². The van der Waals surface area contributed by atoms with Crippen molar-refractivity contribution >= 4 is 22.6 Å². The Labute approximate surface area is 186 Å². The van der Waals surface area contributed by atoms with Gasteiger partial charge in [-0.3, -0.25) is 14.2 Å². The number of ether oxygens (including phenoxy) is 1. The van der Waals surface area contributed by atoms with Crippen molar-refractivity contribution in [2.75, 3.05) is 19.0 Å². The summed E-state index contributed by atoms with van der Waals surface area (Å²) in [5.41, 5.74) is 5.42. The molecule has 164 valence electrons. The molecule has 0 spiro atoms. The first kappa shape index (κ1) is 21.5. The summed E-state index contributed by atoms with van der Waals surface area (Å²) in [6, 6.07) is 15.5. The summed E-state index contributed by atoms with van der Waals surface area (Å²) in [6.07, 6.45) is 3.37. The third kappa shape index (κ3) is 4.20. The van der Waals surface area contributed by atoms with E-state index in [-0.39, 0.29) is 18.0 Å². The van der Waals surface area contributed by atoms with E-state index in [1.165, 1.54) is 10.9 Å². The van der Waals surface area contributed by atoms with Gasteiger partial charge < -0.3 is 14.6 Å². The first-order valence-electron chi connectivity index (χ1n) is 10.5. The van der Waals surface area contributed by atoms with Gasteiger partial charge in [-0.25, -0.2) is 4.98 Å². The molecular formula is C25H26N4O3. The van der Waals surface area contributed by atoms with Crippen molar-refractivity contribution in [2.24, 2.45) is 0 Å². The molecule has 32 heavy (non-hydrogen) atoms. The van der Waals surface area contributed by atoms with E-state index in [0.29, 0.717) is 24.2 Å². The molecule has 0 saturated heterocycles. The minimum atomic E-state index is -0.207. The van der Waals surface area contributed by atoms with Crippen LogP contribution < -0.4 is 10.9 Å². The highest BCUT2D eigenvalue weighted by atomic mass is 16.5. The monoisotopic (exact) mass is 430 g/mol. The first-order valence-corrected chi connectivity index (χ1v) is 10.5. The van der Waals surface area contributed by atoms with Gasteiger partial charge in [0.05, 0.1) is 19.5 Å². The second-order valence-electron chi connectivity index (χ2n) is 7.77. The standard InChI is InChI=1S/C25H26N4O3/c1-17-8-7-11-21(18(17)2)27-22(30)15-29-14-20(19-9-5-4-6-10-19)23-24(29)25(31)28(16-26-23)12-13-32-3/h4-11,14,16H,12-13,15H2,1-3H3,(H,27,30). The second-order valence-corrected chi connectivity index (χ2v) is 7.77. The van der Waals surface area contributed by atoms with E-state index in [9.17, 15) is 9.59 Å².